The number of piperazine rings is 1. The van der Waals surface area contributed by atoms with E-state index in [9.17, 15) is 13.5 Å². The third-order valence-corrected chi connectivity index (χ3v) is 7.26. The molecule has 3 rings (SSSR count). The van der Waals surface area contributed by atoms with Crippen molar-refractivity contribution in [2.24, 2.45) is 0 Å². The second-order valence-electron chi connectivity index (χ2n) is 8.76. The van der Waals surface area contributed by atoms with Crippen LogP contribution in [0, 0.1) is 0 Å². The van der Waals surface area contributed by atoms with Crippen LogP contribution in [0.2, 0.25) is 0 Å². The minimum absolute atomic E-state index is 0.0149. The fourth-order valence-electron chi connectivity index (χ4n) is 3.49. The Hall–Kier alpha value is -1.93. The molecule has 1 N–H and O–H groups in total. The summed E-state index contributed by atoms with van der Waals surface area (Å²) in [6.45, 7) is 8.98. The summed E-state index contributed by atoms with van der Waals surface area (Å²) in [6.07, 6.45) is -0.627. The number of aliphatic hydroxyl groups is 1. The fourth-order valence-corrected chi connectivity index (χ4v) is 4.91. The molecule has 1 aliphatic heterocycles. The third kappa shape index (κ3) is 5.82. The van der Waals surface area contributed by atoms with Crippen LogP contribution in [-0.4, -0.2) is 68.2 Å². The molecule has 164 valence electrons. The van der Waals surface area contributed by atoms with Crippen molar-refractivity contribution in [3.05, 3.63) is 60.2 Å². The molecule has 7 heteroatoms. The van der Waals surface area contributed by atoms with Gasteiger partial charge in [0, 0.05) is 32.7 Å². The fraction of sp³-hybridized carbons (Fsp3) is 0.478. The summed E-state index contributed by atoms with van der Waals surface area (Å²) in [5, 5.41) is 10.3. The lowest BCUT2D eigenvalue weighted by molar-refractivity contribution is 0.0569. The van der Waals surface area contributed by atoms with Gasteiger partial charge in [-0.2, -0.15) is 4.31 Å². The summed E-state index contributed by atoms with van der Waals surface area (Å²) in [7, 11) is -3.50. The number of ether oxygens (including phenoxy) is 1. The van der Waals surface area contributed by atoms with Gasteiger partial charge in [-0.1, -0.05) is 51.1 Å². The van der Waals surface area contributed by atoms with E-state index >= 15 is 0 Å². The Labute approximate surface area is 180 Å². The van der Waals surface area contributed by atoms with Gasteiger partial charge < -0.3 is 9.84 Å². The molecule has 2 aromatic carbocycles. The van der Waals surface area contributed by atoms with Crippen LogP contribution in [-0.2, 0) is 15.4 Å². The zero-order valence-electron chi connectivity index (χ0n) is 18.0. The van der Waals surface area contributed by atoms with Crippen molar-refractivity contribution in [1.29, 1.82) is 0 Å². The first kappa shape index (κ1) is 22.7. The Morgan fingerprint density at radius 1 is 0.967 bits per heavy atom. The van der Waals surface area contributed by atoms with E-state index < -0.39 is 16.1 Å². The summed E-state index contributed by atoms with van der Waals surface area (Å²) in [4.78, 5) is 2.41. The van der Waals surface area contributed by atoms with Crippen LogP contribution in [0.1, 0.15) is 26.3 Å². The van der Waals surface area contributed by atoms with Crippen molar-refractivity contribution in [2.45, 2.75) is 37.2 Å². The molecule has 1 heterocycles. The summed E-state index contributed by atoms with van der Waals surface area (Å²) in [5.41, 5.74) is 1.09. The molecular formula is C23H32N2O4S. The lowest BCUT2D eigenvalue weighted by Gasteiger charge is -2.35. The topological polar surface area (TPSA) is 70.1 Å². The molecule has 6 nitrogen and oxygen atoms in total. The largest absolute Gasteiger partial charge is 0.491 e. The molecule has 0 radical (unpaired) electrons. The number of benzene rings is 2. The maximum absolute atomic E-state index is 13.0. The number of nitrogens with zero attached hydrogens (tertiary/aromatic N) is 2. The highest BCUT2D eigenvalue weighted by Crippen LogP contribution is 2.25. The van der Waals surface area contributed by atoms with Crippen LogP contribution < -0.4 is 4.74 Å². The summed E-state index contributed by atoms with van der Waals surface area (Å²) < 4.78 is 33.1. The minimum Gasteiger partial charge on any atom is -0.491 e. The van der Waals surface area contributed by atoms with E-state index in [1.165, 1.54) is 4.31 Å². The highest BCUT2D eigenvalue weighted by molar-refractivity contribution is 7.89. The first-order chi connectivity index (χ1) is 14.2. The van der Waals surface area contributed by atoms with E-state index in [1.54, 1.807) is 12.1 Å². The molecule has 0 aromatic heterocycles. The SMILES string of the molecule is CC(C)(C)c1ccc(S(=O)(=O)N2CCN(C[C@@H](O)COc3ccccc3)CC2)cc1. The normalized spacial score (nSPS) is 17.6. The maximum atomic E-state index is 13.0. The molecule has 1 aliphatic rings. The average molecular weight is 433 g/mol. The Morgan fingerprint density at radius 3 is 2.13 bits per heavy atom. The zero-order chi connectivity index (χ0) is 21.8. The van der Waals surface area contributed by atoms with Crippen LogP contribution in [0.4, 0.5) is 0 Å². The molecule has 0 amide bonds. The van der Waals surface area contributed by atoms with E-state index in [4.69, 9.17) is 4.74 Å². The van der Waals surface area contributed by atoms with Gasteiger partial charge in [0.25, 0.3) is 0 Å². The predicted molar refractivity (Wildman–Crippen MR) is 118 cm³/mol. The molecule has 0 unspecified atom stereocenters. The standard InChI is InChI=1S/C23H32N2O4S/c1-23(2,3)19-9-11-22(12-10-19)30(27,28)25-15-13-24(14-16-25)17-20(26)18-29-21-7-5-4-6-8-21/h4-12,20,26H,13-18H2,1-3H3/t20-/m1/s1. The van der Waals surface area contributed by atoms with Gasteiger partial charge >= 0.3 is 0 Å². The number of β-amino-alcohol motifs (C(OH)–C–C–N with tert-alkyl or cyclic N) is 1. The number of para-hydroxylation sites is 1. The van der Waals surface area contributed by atoms with E-state index in [0.29, 0.717) is 37.6 Å². The van der Waals surface area contributed by atoms with Gasteiger partial charge in [-0.25, -0.2) is 8.42 Å². The smallest absolute Gasteiger partial charge is 0.243 e. The molecule has 1 saturated heterocycles. The van der Waals surface area contributed by atoms with Gasteiger partial charge in [-0.05, 0) is 35.2 Å². The highest BCUT2D eigenvalue weighted by Gasteiger charge is 2.29. The predicted octanol–water partition coefficient (Wildman–Crippen LogP) is 2.73. The van der Waals surface area contributed by atoms with Gasteiger partial charge in [0.15, 0.2) is 0 Å². The van der Waals surface area contributed by atoms with Gasteiger partial charge in [0.05, 0.1) is 4.90 Å². The van der Waals surface area contributed by atoms with E-state index in [0.717, 1.165) is 11.3 Å². The van der Waals surface area contributed by atoms with Crippen molar-refractivity contribution in [3.8, 4) is 5.75 Å². The minimum atomic E-state index is -3.50. The Kier molecular flexibility index (Phi) is 7.18. The van der Waals surface area contributed by atoms with Crippen LogP contribution in [0.15, 0.2) is 59.5 Å². The number of aliphatic hydroxyl groups excluding tert-OH is 1. The van der Waals surface area contributed by atoms with Gasteiger partial charge in [-0.3, -0.25) is 4.90 Å². The Balaban J connectivity index is 1.50. The second kappa shape index (κ2) is 9.47. The summed E-state index contributed by atoms with van der Waals surface area (Å²) >= 11 is 0. The number of hydrogen-bond donors (Lipinski definition) is 1. The quantitative estimate of drug-likeness (QED) is 0.729. The van der Waals surface area contributed by atoms with Crippen LogP contribution in [0.3, 0.4) is 0 Å². The monoisotopic (exact) mass is 432 g/mol. The van der Waals surface area contributed by atoms with Gasteiger partial charge in [0.1, 0.15) is 18.5 Å². The first-order valence-corrected chi connectivity index (χ1v) is 11.8. The molecule has 30 heavy (non-hydrogen) atoms. The van der Waals surface area contributed by atoms with Crippen molar-refractivity contribution < 1.29 is 18.3 Å². The second-order valence-corrected chi connectivity index (χ2v) is 10.7. The highest BCUT2D eigenvalue weighted by atomic mass is 32.2. The van der Waals surface area contributed by atoms with Crippen molar-refractivity contribution in [2.75, 3.05) is 39.3 Å². The number of hydrogen-bond acceptors (Lipinski definition) is 5. The van der Waals surface area contributed by atoms with Crippen molar-refractivity contribution in [3.63, 3.8) is 0 Å². The molecule has 0 saturated carbocycles. The van der Waals surface area contributed by atoms with Crippen LogP contribution >= 0.6 is 0 Å². The third-order valence-electron chi connectivity index (χ3n) is 5.34. The van der Waals surface area contributed by atoms with Gasteiger partial charge in [0.2, 0.25) is 10.0 Å². The van der Waals surface area contributed by atoms with Crippen molar-refractivity contribution >= 4 is 10.0 Å². The molecular weight excluding hydrogens is 400 g/mol. The first-order valence-electron chi connectivity index (χ1n) is 10.4. The summed E-state index contributed by atoms with van der Waals surface area (Å²) in [6, 6.07) is 16.6. The van der Waals surface area contributed by atoms with Gasteiger partial charge in [-0.15, -0.1) is 0 Å². The molecule has 1 atom stereocenters. The summed E-state index contributed by atoms with van der Waals surface area (Å²) in [5.74, 6) is 0.727. The number of sulfonamides is 1. The average Bonchev–Trinajstić information content (AvgIpc) is 2.73. The van der Waals surface area contributed by atoms with Crippen LogP contribution in [0.25, 0.3) is 0 Å². The van der Waals surface area contributed by atoms with E-state index in [2.05, 4.69) is 25.7 Å². The Morgan fingerprint density at radius 2 is 1.57 bits per heavy atom. The molecule has 0 spiro atoms. The molecule has 0 aliphatic carbocycles. The van der Waals surface area contributed by atoms with E-state index in [-0.39, 0.29) is 12.0 Å². The molecule has 2 aromatic rings. The number of rotatable bonds is 7. The lowest BCUT2D eigenvalue weighted by Crippen LogP contribution is -2.50. The zero-order valence-corrected chi connectivity index (χ0v) is 18.8. The lowest BCUT2D eigenvalue weighted by atomic mass is 9.87. The molecule has 0 bridgehead atoms. The van der Waals surface area contributed by atoms with E-state index in [1.807, 2.05) is 42.5 Å². The molecule has 1 fully saturated rings. The maximum Gasteiger partial charge on any atom is 0.243 e. The van der Waals surface area contributed by atoms with Crippen LogP contribution in [0.5, 0.6) is 5.75 Å². The Bertz CT molecular complexity index is 900. The van der Waals surface area contributed by atoms with Crippen molar-refractivity contribution in [1.82, 2.24) is 9.21 Å².